The number of unbranched alkanes of at least 4 members (excludes halogenated alkanes) is 2. The zero-order chi connectivity index (χ0) is 9.40. The molecule has 0 amide bonds. The second-order valence-corrected chi connectivity index (χ2v) is 3.13. The van der Waals surface area contributed by atoms with Crippen LogP contribution in [0.15, 0.2) is 12.7 Å². The van der Waals surface area contributed by atoms with E-state index in [0.29, 0.717) is 6.42 Å². The highest BCUT2D eigenvalue weighted by atomic mass is 16.3. The van der Waals surface area contributed by atoms with Crippen LogP contribution in [0.25, 0.3) is 0 Å². The maximum absolute atomic E-state index is 10.6. The van der Waals surface area contributed by atoms with Crippen LogP contribution >= 0.6 is 0 Å². The molecule has 2 heteroatoms. The second kappa shape index (κ2) is 7.04. The Morgan fingerprint density at radius 1 is 1.58 bits per heavy atom. The summed E-state index contributed by atoms with van der Waals surface area (Å²) in [6.07, 6.45) is 5.48. The molecule has 1 N–H and O–H groups in total. The summed E-state index contributed by atoms with van der Waals surface area (Å²) in [4.78, 5) is 10.6. The topological polar surface area (TPSA) is 37.3 Å². The van der Waals surface area contributed by atoms with Crippen molar-refractivity contribution in [1.82, 2.24) is 0 Å². The first-order valence-corrected chi connectivity index (χ1v) is 4.45. The minimum absolute atomic E-state index is 0.0613. The van der Waals surface area contributed by atoms with E-state index in [9.17, 15) is 9.90 Å². The molecule has 70 valence electrons. The summed E-state index contributed by atoms with van der Waals surface area (Å²) in [6, 6.07) is 0. The van der Waals surface area contributed by atoms with Crippen LogP contribution in [-0.2, 0) is 4.79 Å². The van der Waals surface area contributed by atoms with Gasteiger partial charge in [0.05, 0.1) is 6.10 Å². The van der Waals surface area contributed by atoms with E-state index in [2.05, 4.69) is 6.58 Å². The molecule has 0 spiro atoms. The van der Waals surface area contributed by atoms with E-state index >= 15 is 0 Å². The van der Waals surface area contributed by atoms with Crippen molar-refractivity contribution in [1.29, 1.82) is 0 Å². The van der Waals surface area contributed by atoms with Crippen LogP contribution in [0.4, 0.5) is 0 Å². The molecule has 1 unspecified atom stereocenters. The van der Waals surface area contributed by atoms with Crippen molar-refractivity contribution < 1.29 is 9.90 Å². The third kappa shape index (κ3) is 7.48. The van der Waals surface area contributed by atoms with Gasteiger partial charge in [0.25, 0.3) is 0 Å². The van der Waals surface area contributed by atoms with Crippen molar-refractivity contribution in [3.05, 3.63) is 12.7 Å². The highest BCUT2D eigenvalue weighted by Crippen LogP contribution is 2.06. The third-order valence-electron chi connectivity index (χ3n) is 1.72. The number of aliphatic hydroxyl groups excluding tert-OH is 1. The molecule has 0 aliphatic heterocycles. The Bertz CT molecular complexity index is 141. The van der Waals surface area contributed by atoms with Crippen molar-refractivity contribution >= 4 is 5.78 Å². The van der Waals surface area contributed by atoms with Crippen LogP contribution in [0.1, 0.15) is 39.0 Å². The monoisotopic (exact) mass is 170 g/mol. The van der Waals surface area contributed by atoms with Crippen molar-refractivity contribution in [2.75, 3.05) is 0 Å². The lowest BCUT2D eigenvalue weighted by Gasteiger charge is -2.06. The molecular weight excluding hydrogens is 152 g/mol. The lowest BCUT2D eigenvalue weighted by atomic mass is 10.1. The van der Waals surface area contributed by atoms with Gasteiger partial charge in [0.15, 0.2) is 0 Å². The van der Waals surface area contributed by atoms with Crippen molar-refractivity contribution in [3.63, 3.8) is 0 Å². The molecule has 0 aromatic carbocycles. The van der Waals surface area contributed by atoms with Crippen LogP contribution in [0.5, 0.6) is 0 Å². The predicted molar refractivity (Wildman–Crippen MR) is 50.0 cm³/mol. The largest absolute Gasteiger partial charge is 0.393 e. The highest BCUT2D eigenvalue weighted by Gasteiger charge is 2.05. The van der Waals surface area contributed by atoms with E-state index in [1.54, 1.807) is 0 Å². The zero-order valence-electron chi connectivity index (χ0n) is 7.75. The zero-order valence-corrected chi connectivity index (χ0v) is 7.75. The molecule has 0 aliphatic rings. The summed E-state index contributed by atoms with van der Waals surface area (Å²) in [7, 11) is 0. The lowest BCUT2D eigenvalue weighted by molar-refractivity contribution is -0.118. The summed E-state index contributed by atoms with van der Waals surface area (Å²) in [6.45, 7) is 5.12. The van der Waals surface area contributed by atoms with Gasteiger partial charge in [-0.15, -0.1) is 6.58 Å². The van der Waals surface area contributed by atoms with Crippen LogP contribution in [0.2, 0.25) is 0 Å². The summed E-state index contributed by atoms with van der Waals surface area (Å²) >= 11 is 0. The van der Waals surface area contributed by atoms with Gasteiger partial charge in [-0.25, -0.2) is 0 Å². The Labute approximate surface area is 74.3 Å². The Hall–Kier alpha value is -0.630. The fraction of sp³-hybridized carbons (Fsp3) is 0.700. The van der Waals surface area contributed by atoms with Gasteiger partial charge >= 0.3 is 0 Å². The molecule has 0 rings (SSSR count). The maximum atomic E-state index is 10.6. The van der Waals surface area contributed by atoms with Gasteiger partial charge in [0.1, 0.15) is 5.78 Å². The summed E-state index contributed by atoms with van der Waals surface area (Å²) in [5, 5.41) is 9.27. The molecular formula is C10H18O2. The molecule has 0 aromatic heterocycles. The van der Waals surface area contributed by atoms with Gasteiger partial charge in [-0.3, -0.25) is 4.79 Å². The van der Waals surface area contributed by atoms with E-state index < -0.39 is 6.10 Å². The SMILES string of the molecule is C=CCCCCC(O)CC(C)=O. The number of carbonyl (C=O) groups excluding carboxylic acids is 1. The van der Waals surface area contributed by atoms with E-state index in [1.165, 1.54) is 6.92 Å². The number of rotatable bonds is 7. The minimum atomic E-state index is -0.438. The number of Topliss-reactive ketones (excluding diaryl/α,β-unsaturated/α-hetero) is 1. The van der Waals surface area contributed by atoms with Gasteiger partial charge in [-0.05, 0) is 26.2 Å². The van der Waals surface area contributed by atoms with Gasteiger partial charge in [-0.2, -0.15) is 0 Å². The first kappa shape index (κ1) is 11.4. The number of aliphatic hydroxyl groups is 1. The molecule has 0 aliphatic carbocycles. The summed E-state index contributed by atoms with van der Waals surface area (Å²) in [5.41, 5.74) is 0. The van der Waals surface area contributed by atoms with Crippen molar-refractivity contribution in [2.45, 2.75) is 45.1 Å². The number of carbonyl (C=O) groups is 1. The van der Waals surface area contributed by atoms with Gasteiger partial charge < -0.3 is 5.11 Å². The maximum Gasteiger partial charge on any atom is 0.132 e. The Morgan fingerprint density at radius 3 is 2.75 bits per heavy atom. The Kier molecular flexibility index (Phi) is 6.67. The number of hydrogen-bond donors (Lipinski definition) is 1. The average Bonchev–Trinajstić information content (AvgIpc) is 1.97. The van der Waals surface area contributed by atoms with Crippen LogP contribution in [-0.4, -0.2) is 17.0 Å². The van der Waals surface area contributed by atoms with Gasteiger partial charge in [0, 0.05) is 6.42 Å². The molecule has 0 bridgehead atoms. The number of ketones is 1. The smallest absolute Gasteiger partial charge is 0.132 e. The quantitative estimate of drug-likeness (QED) is 0.469. The highest BCUT2D eigenvalue weighted by molar-refractivity contribution is 5.75. The first-order valence-electron chi connectivity index (χ1n) is 4.45. The number of hydrogen-bond acceptors (Lipinski definition) is 2. The molecule has 0 aromatic rings. The predicted octanol–water partition coefficient (Wildman–Crippen LogP) is 2.07. The average molecular weight is 170 g/mol. The van der Waals surface area contributed by atoms with Crippen molar-refractivity contribution in [2.24, 2.45) is 0 Å². The minimum Gasteiger partial charge on any atom is -0.393 e. The van der Waals surface area contributed by atoms with E-state index in [-0.39, 0.29) is 5.78 Å². The standard InChI is InChI=1S/C10H18O2/c1-3-4-5-6-7-10(12)8-9(2)11/h3,10,12H,1,4-8H2,2H3. The van der Waals surface area contributed by atoms with Crippen LogP contribution < -0.4 is 0 Å². The molecule has 0 fully saturated rings. The molecule has 0 saturated heterocycles. The molecule has 1 atom stereocenters. The summed E-state index contributed by atoms with van der Waals surface area (Å²) < 4.78 is 0. The van der Waals surface area contributed by atoms with E-state index in [0.717, 1.165) is 25.7 Å². The van der Waals surface area contributed by atoms with E-state index in [4.69, 9.17) is 0 Å². The Balaban J connectivity index is 3.24. The molecule has 0 saturated carbocycles. The van der Waals surface area contributed by atoms with Crippen molar-refractivity contribution in [3.8, 4) is 0 Å². The molecule has 0 heterocycles. The Morgan fingerprint density at radius 2 is 2.25 bits per heavy atom. The van der Waals surface area contributed by atoms with Crippen LogP contribution in [0.3, 0.4) is 0 Å². The fourth-order valence-electron chi connectivity index (χ4n) is 1.10. The lowest BCUT2D eigenvalue weighted by Crippen LogP contribution is -2.10. The molecule has 2 nitrogen and oxygen atoms in total. The first-order chi connectivity index (χ1) is 5.66. The normalized spacial score (nSPS) is 12.5. The number of allylic oxidation sites excluding steroid dienone is 1. The third-order valence-corrected chi connectivity index (χ3v) is 1.72. The van der Waals surface area contributed by atoms with Crippen LogP contribution in [0, 0.1) is 0 Å². The summed E-state index contributed by atoms with van der Waals surface area (Å²) in [5.74, 6) is 0.0613. The van der Waals surface area contributed by atoms with E-state index in [1.807, 2.05) is 6.08 Å². The molecule has 12 heavy (non-hydrogen) atoms. The van der Waals surface area contributed by atoms with Gasteiger partial charge in [-0.1, -0.05) is 12.5 Å². The van der Waals surface area contributed by atoms with Gasteiger partial charge in [0.2, 0.25) is 0 Å². The molecule has 0 radical (unpaired) electrons. The second-order valence-electron chi connectivity index (χ2n) is 3.13. The fourth-order valence-corrected chi connectivity index (χ4v) is 1.10.